The number of benzene rings is 1. The highest BCUT2D eigenvalue weighted by atomic mass is 15.2. The molecule has 0 heterocycles. The Kier molecular flexibility index (Phi) is 2.85. The summed E-state index contributed by atoms with van der Waals surface area (Å²) < 4.78 is 0. The molecule has 0 amide bonds. The van der Waals surface area contributed by atoms with Crippen molar-refractivity contribution >= 4 is 0 Å². The van der Waals surface area contributed by atoms with E-state index in [1.807, 2.05) is 0 Å². The van der Waals surface area contributed by atoms with Crippen molar-refractivity contribution < 1.29 is 0 Å². The first kappa shape index (κ1) is 9.69. The minimum absolute atomic E-state index is 0.356. The normalized spacial score (nSPS) is 16.7. The number of nitrogens with two attached hydrogens (primary N) is 1. The standard InChI is InChI=1S/C12H18N2/c1-9(14-13)7-10-5-6-11-3-2-4-12(11)8-10/h5-6,8-9,14H,2-4,7,13H2,1H3. The smallest absolute Gasteiger partial charge is 0.0222 e. The van der Waals surface area contributed by atoms with Crippen LogP contribution >= 0.6 is 0 Å². The van der Waals surface area contributed by atoms with Crippen molar-refractivity contribution in [1.29, 1.82) is 0 Å². The van der Waals surface area contributed by atoms with Crippen LogP contribution in [0.25, 0.3) is 0 Å². The lowest BCUT2D eigenvalue weighted by molar-refractivity contribution is 0.567. The van der Waals surface area contributed by atoms with E-state index in [4.69, 9.17) is 5.84 Å². The molecule has 2 nitrogen and oxygen atoms in total. The van der Waals surface area contributed by atoms with Gasteiger partial charge in [0.1, 0.15) is 0 Å². The summed E-state index contributed by atoms with van der Waals surface area (Å²) in [6, 6.07) is 7.21. The Hall–Kier alpha value is -0.860. The molecular weight excluding hydrogens is 172 g/mol. The first-order chi connectivity index (χ1) is 6.79. The molecule has 0 aliphatic heterocycles. The van der Waals surface area contributed by atoms with Crippen LogP contribution in [0.3, 0.4) is 0 Å². The molecule has 1 aromatic carbocycles. The quantitative estimate of drug-likeness (QED) is 0.561. The maximum Gasteiger partial charge on any atom is 0.0222 e. The molecule has 2 heteroatoms. The first-order valence-electron chi connectivity index (χ1n) is 5.36. The number of hydrogen-bond acceptors (Lipinski definition) is 2. The first-order valence-corrected chi connectivity index (χ1v) is 5.36. The van der Waals surface area contributed by atoms with Crippen LogP contribution in [0.2, 0.25) is 0 Å². The van der Waals surface area contributed by atoms with E-state index in [1.165, 1.54) is 24.8 Å². The zero-order valence-corrected chi connectivity index (χ0v) is 8.72. The van der Waals surface area contributed by atoms with E-state index in [1.54, 1.807) is 11.1 Å². The van der Waals surface area contributed by atoms with Crippen LogP contribution in [0, 0.1) is 0 Å². The molecule has 1 aliphatic rings. The molecule has 1 atom stereocenters. The van der Waals surface area contributed by atoms with Gasteiger partial charge in [0, 0.05) is 6.04 Å². The maximum atomic E-state index is 5.38. The number of hydrogen-bond donors (Lipinski definition) is 2. The summed E-state index contributed by atoms with van der Waals surface area (Å²) in [5, 5.41) is 0. The molecule has 1 unspecified atom stereocenters. The van der Waals surface area contributed by atoms with Crippen LogP contribution in [0.15, 0.2) is 18.2 Å². The third kappa shape index (κ3) is 1.97. The van der Waals surface area contributed by atoms with E-state index in [0.29, 0.717) is 6.04 Å². The van der Waals surface area contributed by atoms with Crippen molar-refractivity contribution in [2.75, 3.05) is 0 Å². The van der Waals surface area contributed by atoms with Gasteiger partial charge in [-0.2, -0.15) is 0 Å². The summed E-state index contributed by atoms with van der Waals surface area (Å²) in [6.07, 6.45) is 4.86. The monoisotopic (exact) mass is 190 g/mol. The lowest BCUT2D eigenvalue weighted by Crippen LogP contribution is -2.34. The van der Waals surface area contributed by atoms with Gasteiger partial charge < -0.3 is 0 Å². The number of rotatable bonds is 3. The van der Waals surface area contributed by atoms with E-state index in [0.717, 1.165) is 6.42 Å². The molecule has 1 aromatic rings. The zero-order chi connectivity index (χ0) is 9.97. The topological polar surface area (TPSA) is 38.0 Å². The van der Waals surface area contributed by atoms with E-state index < -0.39 is 0 Å². The Bertz CT molecular complexity index is 320. The lowest BCUT2D eigenvalue weighted by atomic mass is 10.0. The SMILES string of the molecule is CC(Cc1ccc2c(c1)CCC2)NN. The van der Waals surface area contributed by atoms with Gasteiger partial charge in [-0.3, -0.25) is 11.3 Å². The highest BCUT2D eigenvalue weighted by molar-refractivity contribution is 5.35. The summed E-state index contributed by atoms with van der Waals surface area (Å²) in [4.78, 5) is 0. The van der Waals surface area contributed by atoms with Crippen LogP contribution in [-0.4, -0.2) is 6.04 Å². The van der Waals surface area contributed by atoms with Crippen LogP contribution < -0.4 is 11.3 Å². The van der Waals surface area contributed by atoms with Crippen LogP contribution in [-0.2, 0) is 19.3 Å². The second-order valence-corrected chi connectivity index (χ2v) is 4.23. The minimum atomic E-state index is 0.356. The average molecular weight is 190 g/mol. The Morgan fingerprint density at radius 3 is 2.93 bits per heavy atom. The van der Waals surface area contributed by atoms with Crippen LogP contribution in [0.1, 0.15) is 30.0 Å². The molecule has 0 bridgehead atoms. The fourth-order valence-electron chi connectivity index (χ4n) is 2.16. The van der Waals surface area contributed by atoms with Gasteiger partial charge in [-0.1, -0.05) is 18.2 Å². The Morgan fingerprint density at radius 1 is 1.36 bits per heavy atom. The predicted octanol–water partition coefficient (Wildman–Crippen LogP) is 1.57. The molecule has 0 radical (unpaired) electrons. The van der Waals surface area contributed by atoms with Crippen molar-refractivity contribution in [1.82, 2.24) is 5.43 Å². The summed E-state index contributed by atoms with van der Waals surface area (Å²) in [6.45, 7) is 2.10. The Morgan fingerprint density at radius 2 is 2.14 bits per heavy atom. The maximum absolute atomic E-state index is 5.38. The van der Waals surface area contributed by atoms with Gasteiger partial charge in [0.05, 0.1) is 0 Å². The second kappa shape index (κ2) is 4.11. The van der Waals surface area contributed by atoms with Gasteiger partial charge in [-0.05, 0) is 49.3 Å². The zero-order valence-electron chi connectivity index (χ0n) is 8.72. The fourth-order valence-corrected chi connectivity index (χ4v) is 2.16. The second-order valence-electron chi connectivity index (χ2n) is 4.23. The van der Waals surface area contributed by atoms with Crippen molar-refractivity contribution in [3.63, 3.8) is 0 Å². The number of aryl methyl sites for hydroxylation is 2. The predicted molar refractivity (Wildman–Crippen MR) is 59.0 cm³/mol. The third-order valence-corrected chi connectivity index (χ3v) is 2.99. The lowest BCUT2D eigenvalue weighted by Gasteiger charge is -2.10. The van der Waals surface area contributed by atoms with Gasteiger partial charge in [0.2, 0.25) is 0 Å². The van der Waals surface area contributed by atoms with E-state index in [2.05, 4.69) is 30.5 Å². The van der Waals surface area contributed by atoms with Crippen molar-refractivity contribution in [2.24, 2.45) is 5.84 Å². The van der Waals surface area contributed by atoms with Gasteiger partial charge in [0.25, 0.3) is 0 Å². The minimum Gasteiger partial charge on any atom is -0.271 e. The molecule has 0 aromatic heterocycles. The number of hydrazine groups is 1. The molecule has 0 saturated carbocycles. The van der Waals surface area contributed by atoms with Gasteiger partial charge in [0.15, 0.2) is 0 Å². The van der Waals surface area contributed by atoms with Gasteiger partial charge in [-0.25, -0.2) is 0 Å². The van der Waals surface area contributed by atoms with Gasteiger partial charge >= 0.3 is 0 Å². The summed E-state index contributed by atoms with van der Waals surface area (Å²) in [7, 11) is 0. The van der Waals surface area contributed by atoms with Crippen molar-refractivity contribution in [3.8, 4) is 0 Å². The number of nitrogens with one attached hydrogen (secondary N) is 1. The van der Waals surface area contributed by atoms with Crippen LogP contribution in [0.4, 0.5) is 0 Å². The van der Waals surface area contributed by atoms with Crippen LogP contribution in [0.5, 0.6) is 0 Å². The van der Waals surface area contributed by atoms with Crippen molar-refractivity contribution in [3.05, 3.63) is 34.9 Å². The molecule has 0 saturated heterocycles. The molecule has 0 fully saturated rings. The average Bonchev–Trinajstić information content (AvgIpc) is 2.64. The van der Waals surface area contributed by atoms with E-state index in [-0.39, 0.29) is 0 Å². The largest absolute Gasteiger partial charge is 0.271 e. The van der Waals surface area contributed by atoms with E-state index >= 15 is 0 Å². The fraction of sp³-hybridized carbons (Fsp3) is 0.500. The molecule has 1 aliphatic carbocycles. The molecule has 3 N–H and O–H groups in total. The summed E-state index contributed by atoms with van der Waals surface area (Å²) in [5.74, 6) is 5.38. The summed E-state index contributed by atoms with van der Waals surface area (Å²) >= 11 is 0. The highest BCUT2D eigenvalue weighted by Gasteiger charge is 2.11. The molecule has 0 spiro atoms. The molecular formula is C12H18N2. The Balaban J connectivity index is 2.12. The van der Waals surface area contributed by atoms with Crippen molar-refractivity contribution in [2.45, 2.75) is 38.6 Å². The molecule has 76 valence electrons. The summed E-state index contributed by atoms with van der Waals surface area (Å²) in [5.41, 5.74) is 7.27. The third-order valence-electron chi connectivity index (χ3n) is 2.99. The highest BCUT2D eigenvalue weighted by Crippen LogP contribution is 2.23. The van der Waals surface area contributed by atoms with Gasteiger partial charge in [-0.15, -0.1) is 0 Å². The number of fused-ring (bicyclic) bond motifs is 1. The molecule has 14 heavy (non-hydrogen) atoms. The van der Waals surface area contributed by atoms with E-state index in [9.17, 15) is 0 Å². The molecule has 2 rings (SSSR count). The Labute approximate surface area is 85.5 Å².